The van der Waals surface area contributed by atoms with Crippen molar-refractivity contribution >= 4 is 17.0 Å². The van der Waals surface area contributed by atoms with Gasteiger partial charge in [-0.2, -0.15) is 15.4 Å². The van der Waals surface area contributed by atoms with Crippen LogP contribution in [0.2, 0.25) is 0 Å². The predicted molar refractivity (Wildman–Crippen MR) is 80.9 cm³/mol. The quantitative estimate of drug-likeness (QED) is 0.747. The zero-order valence-electron chi connectivity index (χ0n) is 12.5. The van der Waals surface area contributed by atoms with Crippen LogP contribution in [0.4, 0.5) is 8.78 Å². The number of halogens is 2. The fraction of sp³-hybridized carbons (Fsp3) is 0.235. The molecule has 2 aromatic carbocycles. The molecule has 1 fully saturated rings. The van der Waals surface area contributed by atoms with Crippen LogP contribution in [0.15, 0.2) is 36.4 Å². The van der Waals surface area contributed by atoms with E-state index < -0.39 is 23.5 Å². The number of aromatic amines is 1. The molecule has 3 aromatic rings. The van der Waals surface area contributed by atoms with E-state index >= 15 is 0 Å². The van der Waals surface area contributed by atoms with E-state index in [0.717, 1.165) is 17.1 Å². The van der Waals surface area contributed by atoms with Gasteiger partial charge in [-0.3, -0.25) is 4.79 Å². The number of esters is 1. The molecule has 1 heterocycles. The van der Waals surface area contributed by atoms with E-state index in [2.05, 4.69) is 15.4 Å². The van der Waals surface area contributed by atoms with Gasteiger partial charge in [0, 0.05) is 5.92 Å². The Hall–Kier alpha value is -2.83. The number of carbonyl (C=O) groups is 1. The van der Waals surface area contributed by atoms with Crippen molar-refractivity contribution in [2.45, 2.75) is 18.9 Å². The molecule has 0 radical (unpaired) electrons. The van der Waals surface area contributed by atoms with E-state index in [4.69, 9.17) is 4.74 Å². The van der Waals surface area contributed by atoms with Crippen LogP contribution in [0.1, 0.15) is 23.5 Å². The summed E-state index contributed by atoms with van der Waals surface area (Å²) in [5, 5.41) is 10.4. The van der Waals surface area contributed by atoms with Gasteiger partial charge in [0.05, 0.1) is 5.92 Å². The van der Waals surface area contributed by atoms with Crippen LogP contribution in [0.5, 0.6) is 0 Å². The molecule has 2 atom stereocenters. The smallest absolute Gasteiger partial charge is 0.309 e. The number of hydrogen-bond donors (Lipinski definition) is 1. The first-order chi connectivity index (χ1) is 11.6. The van der Waals surface area contributed by atoms with Gasteiger partial charge in [0.15, 0.2) is 11.6 Å². The lowest BCUT2D eigenvalue weighted by Gasteiger charge is -2.06. The minimum atomic E-state index is -0.896. The Balaban J connectivity index is 1.39. The fourth-order valence-electron chi connectivity index (χ4n) is 2.84. The third kappa shape index (κ3) is 2.62. The summed E-state index contributed by atoms with van der Waals surface area (Å²) in [5.74, 6) is -2.91. The number of benzene rings is 2. The van der Waals surface area contributed by atoms with Gasteiger partial charge in [0.25, 0.3) is 0 Å². The van der Waals surface area contributed by atoms with Crippen molar-refractivity contribution in [2.24, 2.45) is 5.92 Å². The second-order valence-electron chi connectivity index (χ2n) is 5.85. The highest BCUT2D eigenvalue weighted by atomic mass is 19.2. The third-order valence-electron chi connectivity index (χ3n) is 4.24. The minimum absolute atomic E-state index is 0.108. The molecule has 1 saturated carbocycles. The van der Waals surface area contributed by atoms with Crippen LogP contribution in [0, 0.1) is 17.6 Å². The maximum Gasteiger partial charge on any atom is 0.309 e. The molecule has 0 bridgehead atoms. The molecule has 5 nitrogen and oxygen atoms in total. The van der Waals surface area contributed by atoms with Crippen LogP contribution in [0.25, 0.3) is 11.0 Å². The van der Waals surface area contributed by atoms with Gasteiger partial charge in [0.2, 0.25) is 0 Å². The molecule has 122 valence electrons. The number of rotatable bonds is 4. The zero-order valence-corrected chi connectivity index (χ0v) is 12.5. The molecular weight excluding hydrogens is 316 g/mol. The number of aromatic nitrogens is 3. The molecule has 0 unspecified atom stereocenters. The molecule has 0 amide bonds. The van der Waals surface area contributed by atoms with Crippen molar-refractivity contribution in [3.63, 3.8) is 0 Å². The number of H-pyrrole nitrogens is 1. The monoisotopic (exact) mass is 329 g/mol. The topological polar surface area (TPSA) is 67.9 Å². The number of fused-ring (bicyclic) bond motifs is 1. The molecule has 4 rings (SSSR count). The van der Waals surface area contributed by atoms with Gasteiger partial charge in [-0.25, -0.2) is 8.78 Å². The normalized spacial score (nSPS) is 19.4. The summed E-state index contributed by atoms with van der Waals surface area (Å²) in [6, 6.07) is 9.38. The average Bonchev–Trinajstić information content (AvgIpc) is 3.24. The third-order valence-corrected chi connectivity index (χ3v) is 4.24. The molecule has 0 saturated heterocycles. The van der Waals surface area contributed by atoms with Gasteiger partial charge in [-0.1, -0.05) is 18.2 Å². The first kappa shape index (κ1) is 14.7. The van der Waals surface area contributed by atoms with E-state index in [-0.39, 0.29) is 18.1 Å². The lowest BCUT2D eigenvalue weighted by atomic mass is 10.1. The van der Waals surface area contributed by atoms with Gasteiger partial charge in [-0.15, -0.1) is 0 Å². The van der Waals surface area contributed by atoms with Crippen molar-refractivity contribution in [3.8, 4) is 0 Å². The zero-order chi connectivity index (χ0) is 16.7. The van der Waals surface area contributed by atoms with Crippen LogP contribution in [-0.2, 0) is 16.1 Å². The second-order valence-corrected chi connectivity index (χ2v) is 5.85. The first-order valence-electron chi connectivity index (χ1n) is 7.53. The largest absolute Gasteiger partial charge is 0.461 e. The number of nitrogens with one attached hydrogen (secondary N) is 1. The lowest BCUT2D eigenvalue weighted by Crippen LogP contribution is -2.08. The highest BCUT2D eigenvalue weighted by Crippen LogP contribution is 2.49. The van der Waals surface area contributed by atoms with E-state index in [1.54, 1.807) is 18.2 Å². The Kier molecular flexibility index (Phi) is 3.48. The molecule has 0 aliphatic heterocycles. The summed E-state index contributed by atoms with van der Waals surface area (Å²) in [6.45, 7) is 0.108. The standard InChI is InChI=1S/C17H13F2N3O2/c18-13-3-1-2-10(16(13)19)11-7-12(11)17(23)24-8-9-4-5-14-15(6-9)21-22-20-14/h1-6,11-12H,7-8H2,(H,20,21,22)/t11-,12-/m1/s1. The van der Waals surface area contributed by atoms with Crippen molar-refractivity contribution in [1.29, 1.82) is 0 Å². The highest BCUT2D eigenvalue weighted by molar-refractivity contribution is 5.78. The second kappa shape index (κ2) is 5.67. The predicted octanol–water partition coefficient (Wildman–Crippen LogP) is 3.08. The lowest BCUT2D eigenvalue weighted by molar-refractivity contribution is -0.146. The van der Waals surface area contributed by atoms with Crippen molar-refractivity contribution in [1.82, 2.24) is 15.4 Å². The molecule has 1 aliphatic carbocycles. The number of carbonyl (C=O) groups excluding carboxylic acids is 1. The summed E-state index contributed by atoms with van der Waals surface area (Å²) < 4.78 is 32.3. The van der Waals surface area contributed by atoms with Crippen LogP contribution < -0.4 is 0 Å². The number of hydrogen-bond acceptors (Lipinski definition) is 4. The summed E-state index contributed by atoms with van der Waals surface area (Å²) in [7, 11) is 0. The van der Waals surface area contributed by atoms with Crippen molar-refractivity contribution in [3.05, 3.63) is 59.2 Å². The molecule has 1 aromatic heterocycles. The summed E-state index contributed by atoms with van der Waals surface area (Å²) in [5.41, 5.74) is 2.45. The average molecular weight is 329 g/mol. The fourth-order valence-corrected chi connectivity index (χ4v) is 2.84. The molecule has 24 heavy (non-hydrogen) atoms. The Bertz CT molecular complexity index is 925. The number of nitrogens with zero attached hydrogens (tertiary/aromatic N) is 2. The summed E-state index contributed by atoms with van der Waals surface area (Å²) in [6.07, 6.45) is 0.474. The molecule has 1 aliphatic rings. The van der Waals surface area contributed by atoms with E-state index in [1.807, 2.05) is 0 Å². The molecule has 1 N–H and O–H groups in total. The molecular formula is C17H13F2N3O2. The molecule has 0 spiro atoms. The molecule has 7 heteroatoms. The van der Waals surface area contributed by atoms with E-state index in [0.29, 0.717) is 11.9 Å². The highest BCUT2D eigenvalue weighted by Gasteiger charge is 2.46. The summed E-state index contributed by atoms with van der Waals surface area (Å²) in [4.78, 5) is 12.1. The SMILES string of the molecule is O=C(OCc1ccc2n[nH]nc2c1)[C@@H]1C[C@@H]1c1cccc(F)c1F. The van der Waals surface area contributed by atoms with Gasteiger partial charge in [0.1, 0.15) is 17.6 Å². The van der Waals surface area contributed by atoms with Crippen LogP contribution >= 0.6 is 0 Å². The van der Waals surface area contributed by atoms with Gasteiger partial charge in [-0.05, 0) is 35.7 Å². The maximum absolute atomic E-state index is 13.8. The van der Waals surface area contributed by atoms with E-state index in [1.165, 1.54) is 12.1 Å². The summed E-state index contributed by atoms with van der Waals surface area (Å²) >= 11 is 0. The Morgan fingerprint density at radius 3 is 2.92 bits per heavy atom. The Morgan fingerprint density at radius 2 is 2.04 bits per heavy atom. The van der Waals surface area contributed by atoms with Crippen LogP contribution in [-0.4, -0.2) is 21.4 Å². The van der Waals surface area contributed by atoms with E-state index in [9.17, 15) is 13.6 Å². The van der Waals surface area contributed by atoms with Crippen LogP contribution in [0.3, 0.4) is 0 Å². The van der Waals surface area contributed by atoms with Gasteiger partial charge < -0.3 is 4.74 Å². The Labute approximate surface area is 135 Å². The van der Waals surface area contributed by atoms with Crippen molar-refractivity contribution in [2.75, 3.05) is 0 Å². The minimum Gasteiger partial charge on any atom is -0.461 e. The number of ether oxygens (including phenoxy) is 1. The Morgan fingerprint density at radius 1 is 1.21 bits per heavy atom. The van der Waals surface area contributed by atoms with Crippen molar-refractivity contribution < 1.29 is 18.3 Å². The maximum atomic E-state index is 13.8. The van der Waals surface area contributed by atoms with Gasteiger partial charge >= 0.3 is 5.97 Å². The first-order valence-corrected chi connectivity index (χ1v) is 7.53.